The maximum Gasteiger partial charge on any atom is 0.287 e. The van der Waals surface area contributed by atoms with Crippen LogP contribution in [0.5, 0.6) is 0 Å². The van der Waals surface area contributed by atoms with Crippen LogP contribution in [0.3, 0.4) is 0 Å². The Balaban J connectivity index is 1.77. The topological polar surface area (TPSA) is 69.3 Å². The Kier molecular flexibility index (Phi) is 5.23. The number of para-hydroxylation sites is 1. The predicted octanol–water partition coefficient (Wildman–Crippen LogP) is 3.72. The number of ether oxygens (including phenoxy) is 1. The number of nitrogens with zero attached hydrogens (tertiary/aromatic N) is 2. The molecular formula is C20H23N3O3. The van der Waals surface area contributed by atoms with Gasteiger partial charge in [-0.05, 0) is 44.5 Å². The molecule has 26 heavy (non-hydrogen) atoms. The van der Waals surface area contributed by atoms with Crippen molar-refractivity contribution in [2.75, 3.05) is 7.11 Å². The van der Waals surface area contributed by atoms with Crippen LogP contribution in [0.4, 0.5) is 0 Å². The van der Waals surface area contributed by atoms with E-state index in [1.54, 1.807) is 25.4 Å². The molecule has 1 N–H and O–H groups in total. The highest BCUT2D eigenvalue weighted by Crippen LogP contribution is 2.22. The van der Waals surface area contributed by atoms with Crippen LogP contribution in [-0.2, 0) is 11.3 Å². The molecule has 0 bridgehead atoms. The van der Waals surface area contributed by atoms with E-state index in [4.69, 9.17) is 9.15 Å². The van der Waals surface area contributed by atoms with E-state index >= 15 is 0 Å². The molecule has 0 saturated heterocycles. The standard InChI is InChI=1S/C20H23N3O3/c1-13-7-5-6-8-18(13)23-15(3)17(11-21-23)14(2)22-20(24)19-10-9-16(26-19)12-25-4/h5-11,14H,12H2,1-4H3,(H,22,24)/t14-/m0/s1. The second-order valence-electron chi connectivity index (χ2n) is 6.28. The third kappa shape index (κ3) is 3.55. The first kappa shape index (κ1) is 17.9. The number of hydrogen-bond acceptors (Lipinski definition) is 4. The molecular weight excluding hydrogens is 330 g/mol. The second-order valence-corrected chi connectivity index (χ2v) is 6.28. The molecule has 0 radical (unpaired) electrons. The van der Waals surface area contributed by atoms with Gasteiger partial charge >= 0.3 is 0 Å². The van der Waals surface area contributed by atoms with Crippen LogP contribution in [0.1, 0.15) is 46.1 Å². The molecule has 1 aromatic carbocycles. The number of hydrogen-bond donors (Lipinski definition) is 1. The smallest absolute Gasteiger partial charge is 0.287 e. The van der Waals surface area contributed by atoms with Gasteiger partial charge in [0, 0.05) is 18.4 Å². The highest BCUT2D eigenvalue weighted by molar-refractivity contribution is 5.91. The molecule has 0 spiro atoms. The molecule has 136 valence electrons. The van der Waals surface area contributed by atoms with E-state index in [1.165, 1.54) is 0 Å². The van der Waals surface area contributed by atoms with Crippen molar-refractivity contribution < 1.29 is 13.9 Å². The van der Waals surface area contributed by atoms with Crippen molar-refractivity contribution in [3.8, 4) is 5.69 Å². The van der Waals surface area contributed by atoms with Crippen molar-refractivity contribution in [1.82, 2.24) is 15.1 Å². The maximum atomic E-state index is 12.4. The van der Waals surface area contributed by atoms with Gasteiger partial charge in [-0.1, -0.05) is 18.2 Å². The van der Waals surface area contributed by atoms with E-state index in [0.29, 0.717) is 12.4 Å². The summed E-state index contributed by atoms with van der Waals surface area (Å²) in [5, 5.41) is 7.46. The van der Waals surface area contributed by atoms with Gasteiger partial charge in [-0.15, -0.1) is 0 Å². The average molecular weight is 353 g/mol. The number of rotatable bonds is 6. The number of furan rings is 1. The Labute approximate surface area is 152 Å². The van der Waals surface area contributed by atoms with Crippen molar-refractivity contribution in [1.29, 1.82) is 0 Å². The van der Waals surface area contributed by atoms with Gasteiger partial charge in [0.05, 0.1) is 17.9 Å². The third-order valence-electron chi connectivity index (χ3n) is 4.38. The summed E-state index contributed by atoms with van der Waals surface area (Å²) in [5.41, 5.74) is 4.13. The van der Waals surface area contributed by atoms with Crippen LogP contribution >= 0.6 is 0 Å². The zero-order valence-corrected chi connectivity index (χ0v) is 15.4. The third-order valence-corrected chi connectivity index (χ3v) is 4.38. The molecule has 0 saturated carbocycles. The normalized spacial score (nSPS) is 12.2. The number of carbonyl (C=O) groups excluding carboxylic acids is 1. The van der Waals surface area contributed by atoms with E-state index < -0.39 is 0 Å². The molecule has 6 nitrogen and oxygen atoms in total. The van der Waals surface area contributed by atoms with Crippen molar-refractivity contribution in [3.05, 3.63) is 70.9 Å². The van der Waals surface area contributed by atoms with Crippen LogP contribution in [-0.4, -0.2) is 22.8 Å². The molecule has 1 atom stereocenters. The molecule has 3 rings (SSSR count). The number of carbonyl (C=O) groups is 1. The summed E-state index contributed by atoms with van der Waals surface area (Å²) in [5.74, 6) is 0.629. The van der Waals surface area contributed by atoms with Gasteiger partial charge in [0.25, 0.3) is 5.91 Å². The first-order chi connectivity index (χ1) is 12.5. The fraction of sp³-hybridized carbons (Fsp3) is 0.300. The lowest BCUT2D eigenvalue weighted by Crippen LogP contribution is -2.26. The Bertz CT molecular complexity index is 911. The quantitative estimate of drug-likeness (QED) is 0.733. The Morgan fingerprint density at radius 3 is 2.77 bits per heavy atom. The van der Waals surface area contributed by atoms with E-state index in [0.717, 1.165) is 22.5 Å². The van der Waals surface area contributed by atoms with Crippen LogP contribution in [0.2, 0.25) is 0 Å². The van der Waals surface area contributed by atoms with Crippen molar-refractivity contribution in [2.24, 2.45) is 0 Å². The molecule has 3 aromatic rings. The predicted molar refractivity (Wildman–Crippen MR) is 98.3 cm³/mol. The highest BCUT2D eigenvalue weighted by Gasteiger charge is 2.19. The Morgan fingerprint density at radius 2 is 2.04 bits per heavy atom. The highest BCUT2D eigenvalue weighted by atomic mass is 16.5. The van der Waals surface area contributed by atoms with Gasteiger partial charge in [0.2, 0.25) is 0 Å². The summed E-state index contributed by atoms with van der Waals surface area (Å²) >= 11 is 0. The van der Waals surface area contributed by atoms with Crippen LogP contribution in [0.15, 0.2) is 47.0 Å². The molecule has 0 unspecified atom stereocenters. The fourth-order valence-corrected chi connectivity index (χ4v) is 2.96. The molecule has 1 amide bonds. The van der Waals surface area contributed by atoms with Gasteiger partial charge in [0.15, 0.2) is 5.76 Å². The fourth-order valence-electron chi connectivity index (χ4n) is 2.96. The zero-order chi connectivity index (χ0) is 18.7. The summed E-state index contributed by atoms with van der Waals surface area (Å²) in [6.45, 7) is 6.32. The molecule has 0 aliphatic carbocycles. The molecule has 0 aliphatic heterocycles. The first-order valence-corrected chi connectivity index (χ1v) is 8.50. The molecule has 2 aromatic heterocycles. The molecule has 2 heterocycles. The number of methoxy groups -OCH3 is 1. The second kappa shape index (κ2) is 7.58. The minimum atomic E-state index is -0.261. The lowest BCUT2D eigenvalue weighted by molar-refractivity contribution is 0.0903. The van der Waals surface area contributed by atoms with E-state index in [9.17, 15) is 4.79 Å². The summed E-state index contributed by atoms with van der Waals surface area (Å²) in [6, 6.07) is 11.3. The lowest BCUT2D eigenvalue weighted by Gasteiger charge is -2.14. The van der Waals surface area contributed by atoms with Gasteiger partial charge in [-0.3, -0.25) is 4.79 Å². The first-order valence-electron chi connectivity index (χ1n) is 8.50. The molecule has 0 fully saturated rings. The SMILES string of the molecule is COCc1ccc(C(=O)N[C@@H](C)c2cnn(-c3ccccc3C)c2C)o1. The number of amides is 1. The largest absolute Gasteiger partial charge is 0.453 e. The van der Waals surface area contributed by atoms with Crippen molar-refractivity contribution in [3.63, 3.8) is 0 Å². The van der Waals surface area contributed by atoms with E-state index in [1.807, 2.05) is 36.7 Å². The van der Waals surface area contributed by atoms with Crippen LogP contribution in [0.25, 0.3) is 5.69 Å². The molecule has 6 heteroatoms. The van der Waals surface area contributed by atoms with Gasteiger partial charge in [-0.25, -0.2) is 4.68 Å². The van der Waals surface area contributed by atoms with E-state index in [-0.39, 0.29) is 17.7 Å². The average Bonchev–Trinajstić information content (AvgIpc) is 3.23. The number of benzene rings is 1. The maximum absolute atomic E-state index is 12.4. The number of aromatic nitrogens is 2. The monoisotopic (exact) mass is 353 g/mol. The van der Waals surface area contributed by atoms with E-state index in [2.05, 4.69) is 23.4 Å². The summed E-state index contributed by atoms with van der Waals surface area (Å²) < 4.78 is 12.4. The Morgan fingerprint density at radius 1 is 1.27 bits per heavy atom. The van der Waals surface area contributed by atoms with Gasteiger partial charge < -0.3 is 14.5 Å². The van der Waals surface area contributed by atoms with Crippen molar-refractivity contribution in [2.45, 2.75) is 33.4 Å². The number of nitrogens with one attached hydrogen (secondary N) is 1. The minimum Gasteiger partial charge on any atom is -0.453 e. The van der Waals surface area contributed by atoms with Crippen LogP contribution in [0, 0.1) is 13.8 Å². The summed E-state index contributed by atoms with van der Waals surface area (Å²) in [4.78, 5) is 12.4. The summed E-state index contributed by atoms with van der Waals surface area (Å²) in [6.07, 6.45) is 1.80. The Hall–Kier alpha value is -2.86. The van der Waals surface area contributed by atoms with Gasteiger partial charge in [0.1, 0.15) is 12.4 Å². The summed E-state index contributed by atoms with van der Waals surface area (Å²) in [7, 11) is 1.58. The number of aryl methyl sites for hydroxylation is 1. The molecule has 0 aliphatic rings. The van der Waals surface area contributed by atoms with Crippen molar-refractivity contribution >= 4 is 5.91 Å². The van der Waals surface area contributed by atoms with Gasteiger partial charge in [-0.2, -0.15) is 5.10 Å². The minimum absolute atomic E-state index is 0.198. The van der Waals surface area contributed by atoms with Crippen LogP contribution < -0.4 is 5.32 Å². The lowest BCUT2D eigenvalue weighted by atomic mass is 10.1. The zero-order valence-electron chi connectivity index (χ0n) is 15.4.